The Hall–Kier alpha value is -5.23. The summed E-state index contributed by atoms with van der Waals surface area (Å²) in [5.74, 6) is 0.786. The number of anilines is 4. The zero-order chi connectivity index (χ0) is 37.6. The molecule has 1 fully saturated rings. The molecule has 53 heavy (non-hydrogen) atoms. The van der Waals surface area contributed by atoms with E-state index in [1.165, 1.54) is 43.5 Å². The van der Waals surface area contributed by atoms with E-state index in [4.69, 9.17) is 14.2 Å². The molecule has 5 rings (SSSR count). The number of carbonyl (C=O) groups is 2. The minimum atomic E-state index is -0.721. The number of halogens is 1. The van der Waals surface area contributed by atoms with Gasteiger partial charge in [-0.05, 0) is 100.0 Å². The number of likely N-dealkylation sites (tertiary alicyclic amines) is 1. The fourth-order valence-corrected chi connectivity index (χ4v) is 6.23. The van der Waals surface area contributed by atoms with Gasteiger partial charge in [0, 0.05) is 43.5 Å². The van der Waals surface area contributed by atoms with Crippen molar-refractivity contribution in [3.8, 4) is 17.2 Å². The van der Waals surface area contributed by atoms with Crippen LogP contribution in [0.25, 0.3) is 0 Å². The number of nitrogens with zero attached hydrogens (tertiary/aromatic N) is 4. The Kier molecular flexibility index (Phi) is 14.4. The number of amides is 2. The van der Waals surface area contributed by atoms with Gasteiger partial charge in [-0.25, -0.2) is 19.1 Å². The average molecular weight is 727 g/mol. The summed E-state index contributed by atoms with van der Waals surface area (Å²) in [5.41, 5.74) is 3.22. The highest BCUT2D eigenvalue weighted by Crippen LogP contribution is 2.36. The molecule has 11 nitrogen and oxygen atoms in total. The molecule has 12 heteroatoms. The molecule has 282 valence electrons. The van der Waals surface area contributed by atoms with E-state index in [2.05, 4.69) is 32.4 Å². The van der Waals surface area contributed by atoms with Crippen molar-refractivity contribution in [2.75, 3.05) is 50.1 Å². The molecule has 4 aromatic rings. The van der Waals surface area contributed by atoms with Crippen LogP contribution in [0.1, 0.15) is 68.6 Å². The smallest absolute Gasteiger partial charge is 0.425 e. The lowest BCUT2D eigenvalue weighted by molar-refractivity contribution is -0.121. The highest BCUT2D eigenvalue weighted by Gasteiger charge is 2.27. The number of para-hydroxylation sites is 1. The number of hydrogen-bond donors (Lipinski definition) is 2. The number of nitrogens with one attached hydrogen (secondary N) is 2. The van der Waals surface area contributed by atoms with E-state index in [9.17, 15) is 9.59 Å². The Morgan fingerprint density at radius 1 is 0.962 bits per heavy atom. The van der Waals surface area contributed by atoms with Crippen LogP contribution in [0.5, 0.6) is 17.2 Å². The van der Waals surface area contributed by atoms with Crippen LogP contribution in [0.3, 0.4) is 0 Å². The van der Waals surface area contributed by atoms with Crippen LogP contribution >= 0.6 is 0 Å². The molecule has 1 aromatic heterocycles. The van der Waals surface area contributed by atoms with Crippen LogP contribution in [-0.4, -0.2) is 66.8 Å². The number of carbonyl (C=O) groups excluding carboxylic acids is 2. The Balaban J connectivity index is 1.35. The fourth-order valence-electron chi connectivity index (χ4n) is 6.23. The number of hydrogen-bond acceptors (Lipinski definition) is 9. The summed E-state index contributed by atoms with van der Waals surface area (Å²) in [6.45, 7) is 10.1. The summed E-state index contributed by atoms with van der Waals surface area (Å²) in [4.78, 5) is 39.2. The largest absolute Gasteiger partial charge is 0.495 e. The number of aryl methyl sites for hydroxylation is 3. The van der Waals surface area contributed by atoms with Crippen molar-refractivity contribution < 1.29 is 28.2 Å². The molecular weight excluding hydrogens is 675 g/mol. The molecule has 3 aromatic carbocycles. The molecule has 0 bridgehead atoms. The van der Waals surface area contributed by atoms with Gasteiger partial charge >= 0.3 is 6.09 Å². The van der Waals surface area contributed by atoms with Crippen molar-refractivity contribution in [2.45, 2.75) is 72.1 Å². The summed E-state index contributed by atoms with van der Waals surface area (Å²) >= 11 is 0. The van der Waals surface area contributed by atoms with Gasteiger partial charge in [-0.3, -0.25) is 4.79 Å². The summed E-state index contributed by atoms with van der Waals surface area (Å²) in [6.07, 6.45) is 8.09. The van der Waals surface area contributed by atoms with Crippen molar-refractivity contribution in [2.24, 2.45) is 0 Å². The van der Waals surface area contributed by atoms with Gasteiger partial charge in [-0.1, -0.05) is 44.0 Å². The topological polar surface area (TPSA) is 118 Å². The van der Waals surface area contributed by atoms with Gasteiger partial charge in [0.2, 0.25) is 11.9 Å². The number of ether oxygens (including phenoxy) is 3. The monoisotopic (exact) mass is 726 g/mol. The SMILES string of the molecule is CCCCNC(=O)CCc1ccc(N(C(=O)Oc2c(C)cccc2C)c2ccnc(Nc3ccc(OCCCN4CCCCC4)c(F)c3)n2)c(OC)c1. The molecule has 0 saturated carbocycles. The van der Waals surface area contributed by atoms with E-state index in [-0.39, 0.29) is 23.4 Å². The van der Waals surface area contributed by atoms with E-state index in [1.54, 1.807) is 30.3 Å². The first-order valence-corrected chi connectivity index (χ1v) is 18.5. The number of aromatic nitrogens is 2. The maximum Gasteiger partial charge on any atom is 0.425 e. The van der Waals surface area contributed by atoms with Crippen LogP contribution in [0.15, 0.2) is 66.9 Å². The molecule has 2 heterocycles. The van der Waals surface area contributed by atoms with E-state index in [0.29, 0.717) is 48.9 Å². The summed E-state index contributed by atoms with van der Waals surface area (Å²) in [5, 5.41) is 5.99. The number of benzene rings is 3. The molecule has 0 aliphatic carbocycles. The maximum atomic E-state index is 15.1. The van der Waals surface area contributed by atoms with Crippen LogP contribution in [0.4, 0.5) is 32.3 Å². The van der Waals surface area contributed by atoms with Crippen LogP contribution in [0, 0.1) is 19.7 Å². The standard InChI is InChI=1S/C41H51FN6O5/c1-5-6-21-43-38(49)19-15-31-14-17-34(36(27-31)51-4)48(41(50)53-39-29(2)12-10-13-30(39)3)37-20-22-44-40(46-37)45-32-16-18-35(33(42)28-32)52-26-11-25-47-23-8-7-9-24-47/h10,12-14,16-18,20,22,27-28H,5-9,11,15,19,21,23-26H2,1-4H3,(H,43,49)(H,44,45,46). The molecule has 1 aliphatic heterocycles. The van der Waals surface area contributed by atoms with Crippen molar-refractivity contribution >= 4 is 35.1 Å². The molecule has 1 saturated heterocycles. The third-order valence-electron chi connectivity index (χ3n) is 9.14. The van der Waals surface area contributed by atoms with Gasteiger partial charge in [-0.2, -0.15) is 4.98 Å². The highest BCUT2D eigenvalue weighted by atomic mass is 19.1. The number of rotatable bonds is 17. The Bertz CT molecular complexity index is 1810. The van der Waals surface area contributed by atoms with Crippen molar-refractivity contribution in [3.05, 3.63) is 89.4 Å². The second-order valence-corrected chi connectivity index (χ2v) is 13.2. The van der Waals surface area contributed by atoms with Gasteiger partial charge in [0.1, 0.15) is 17.3 Å². The molecular formula is C41H51FN6O5. The van der Waals surface area contributed by atoms with Crippen LogP contribution < -0.4 is 29.7 Å². The van der Waals surface area contributed by atoms with Gasteiger partial charge in [-0.15, -0.1) is 0 Å². The highest BCUT2D eigenvalue weighted by molar-refractivity contribution is 5.98. The third kappa shape index (κ3) is 11.1. The van der Waals surface area contributed by atoms with Crippen molar-refractivity contribution in [1.29, 1.82) is 0 Å². The second kappa shape index (κ2) is 19.6. The Morgan fingerprint density at radius 2 is 1.75 bits per heavy atom. The average Bonchev–Trinajstić information content (AvgIpc) is 3.16. The number of unbranched alkanes of at least 4 members (excludes halogenated alkanes) is 1. The molecule has 2 amide bonds. The molecule has 0 radical (unpaired) electrons. The van der Waals surface area contributed by atoms with Crippen LogP contribution in [-0.2, 0) is 11.2 Å². The predicted molar refractivity (Wildman–Crippen MR) is 205 cm³/mol. The van der Waals surface area contributed by atoms with Gasteiger partial charge in [0.15, 0.2) is 11.6 Å². The lowest BCUT2D eigenvalue weighted by Gasteiger charge is -2.26. The number of methoxy groups -OCH3 is 1. The lowest BCUT2D eigenvalue weighted by Crippen LogP contribution is -2.31. The molecule has 0 unspecified atom stereocenters. The zero-order valence-electron chi connectivity index (χ0n) is 31.3. The maximum absolute atomic E-state index is 15.1. The summed E-state index contributed by atoms with van der Waals surface area (Å²) < 4.78 is 32.6. The van der Waals surface area contributed by atoms with Crippen molar-refractivity contribution in [3.63, 3.8) is 0 Å². The van der Waals surface area contributed by atoms with E-state index < -0.39 is 11.9 Å². The Labute approximate surface area is 311 Å². The van der Waals surface area contributed by atoms with Gasteiger partial charge < -0.3 is 29.7 Å². The second-order valence-electron chi connectivity index (χ2n) is 13.2. The fraction of sp³-hybridized carbons (Fsp3) is 0.415. The first-order chi connectivity index (χ1) is 25.7. The zero-order valence-corrected chi connectivity index (χ0v) is 31.3. The van der Waals surface area contributed by atoms with E-state index in [0.717, 1.165) is 55.6 Å². The molecule has 1 aliphatic rings. The van der Waals surface area contributed by atoms with Crippen LogP contribution in [0.2, 0.25) is 0 Å². The minimum Gasteiger partial charge on any atom is -0.495 e. The quantitative estimate of drug-likeness (QED) is 0.103. The van der Waals surface area contributed by atoms with E-state index in [1.807, 2.05) is 38.1 Å². The normalized spacial score (nSPS) is 12.9. The van der Waals surface area contributed by atoms with E-state index >= 15 is 4.39 Å². The molecule has 0 atom stereocenters. The number of piperidine rings is 1. The third-order valence-corrected chi connectivity index (χ3v) is 9.14. The predicted octanol–water partition coefficient (Wildman–Crippen LogP) is 8.43. The lowest BCUT2D eigenvalue weighted by atomic mass is 10.1. The van der Waals surface area contributed by atoms with Gasteiger partial charge in [0.25, 0.3) is 0 Å². The van der Waals surface area contributed by atoms with Gasteiger partial charge in [0.05, 0.1) is 19.4 Å². The first-order valence-electron chi connectivity index (χ1n) is 18.5. The molecule has 2 N–H and O–H groups in total. The summed E-state index contributed by atoms with van der Waals surface area (Å²) in [6, 6.07) is 17.2. The molecule has 0 spiro atoms. The Morgan fingerprint density at radius 3 is 2.49 bits per heavy atom. The summed E-state index contributed by atoms with van der Waals surface area (Å²) in [7, 11) is 1.51. The van der Waals surface area contributed by atoms with Crippen molar-refractivity contribution in [1.82, 2.24) is 20.2 Å². The minimum absolute atomic E-state index is 0.0217. The first kappa shape index (κ1) is 39.0.